The second-order valence-corrected chi connectivity index (χ2v) is 10.3. The van der Waals surface area contributed by atoms with E-state index in [4.69, 9.17) is 4.74 Å². The lowest BCUT2D eigenvalue weighted by atomic mass is 10.2. The van der Waals surface area contributed by atoms with Crippen LogP contribution in [0.1, 0.15) is 10.6 Å². The Morgan fingerprint density at radius 3 is 2.50 bits per heavy atom. The largest absolute Gasteiger partial charge is 0.494 e. The topological polar surface area (TPSA) is 94.2 Å². The van der Waals surface area contributed by atoms with Gasteiger partial charge < -0.3 is 20.1 Å². The van der Waals surface area contributed by atoms with Crippen LogP contribution in [0.5, 0.6) is 17.5 Å². The van der Waals surface area contributed by atoms with Gasteiger partial charge in [-0.2, -0.15) is 0 Å². The Bertz CT molecular complexity index is 1330. The standard InChI is InChI=1S/C26H29FN4O4S/c1-17-28-23-13-22(6-7-24(23)36-17)35-16-21(32)15-30-10-8-29(9-11-30)14-18-12-25(33)31(26(18)34)20-4-2-19(27)3-5-20/h2-7,12-13,21,32-34H,8-11,14-16H2,1H3. The normalized spacial score (nSPS) is 16.0. The van der Waals surface area contributed by atoms with Gasteiger partial charge in [-0.15, -0.1) is 11.3 Å². The minimum atomic E-state index is -0.616. The van der Waals surface area contributed by atoms with E-state index >= 15 is 0 Å². The maximum atomic E-state index is 13.2. The van der Waals surface area contributed by atoms with E-state index < -0.39 is 6.10 Å². The second kappa shape index (κ2) is 10.4. The van der Waals surface area contributed by atoms with Crippen LogP contribution in [-0.2, 0) is 6.54 Å². The van der Waals surface area contributed by atoms with E-state index in [2.05, 4.69) is 14.8 Å². The van der Waals surface area contributed by atoms with Gasteiger partial charge in [-0.1, -0.05) is 0 Å². The van der Waals surface area contributed by atoms with E-state index in [0.29, 0.717) is 30.1 Å². The summed E-state index contributed by atoms with van der Waals surface area (Å²) in [7, 11) is 0. The number of rotatable bonds is 8. The SMILES string of the molecule is Cc1nc2cc(OCC(O)CN3CCN(Cc4cc(O)n(-c5ccc(F)cc5)c4O)CC3)ccc2s1. The summed E-state index contributed by atoms with van der Waals surface area (Å²) >= 11 is 1.64. The molecule has 8 nitrogen and oxygen atoms in total. The Kier molecular flexibility index (Phi) is 7.10. The third-order valence-electron chi connectivity index (χ3n) is 6.35. The van der Waals surface area contributed by atoms with Crippen LogP contribution in [0.2, 0.25) is 0 Å². The van der Waals surface area contributed by atoms with E-state index in [-0.39, 0.29) is 24.2 Å². The van der Waals surface area contributed by atoms with Crippen molar-refractivity contribution in [2.45, 2.75) is 19.6 Å². The van der Waals surface area contributed by atoms with Gasteiger partial charge in [-0.3, -0.25) is 14.4 Å². The lowest BCUT2D eigenvalue weighted by molar-refractivity contribution is 0.0445. The molecule has 0 bridgehead atoms. The number of β-amino-alcohol motifs (C(OH)–C–C–N with tert-alkyl or cyclic N) is 1. The predicted molar refractivity (Wildman–Crippen MR) is 137 cm³/mol. The number of ether oxygens (including phenoxy) is 1. The Hall–Kier alpha value is -3.18. The van der Waals surface area contributed by atoms with Crippen LogP contribution in [0.3, 0.4) is 0 Å². The van der Waals surface area contributed by atoms with Crippen LogP contribution in [0.15, 0.2) is 48.5 Å². The summed E-state index contributed by atoms with van der Waals surface area (Å²) in [6.45, 7) is 6.23. The van der Waals surface area contributed by atoms with Crippen molar-refractivity contribution in [3.05, 3.63) is 64.9 Å². The van der Waals surface area contributed by atoms with Crippen molar-refractivity contribution in [3.63, 3.8) is 0 Å². The van der Waals surface area contributed by atoms with Crippen LogP contribution in [0.4, 0.5) is 4.39 Å². The van der Waals surface area contributed by atoms with Crippen molar-refractivity contribution >= 4 is 21.6 Å². The number of hydrogen-bond acceptors (Lipinski definition) is 8. The highest BCUT2D eigenvalue weighted by molar-refractivity contribution is 7.18. The third-order valence-corrected chi connectivity index (χ3v) is 7.30. The van der Waals surface area contributed by atoms with E-state index in [1.165, 1.54) is 34.9 Å². The Labute approximate surface area is 212 Å². The maximum absolute atomic E-state index is 13.2. The Morgan fingerprint density at radius 1 is 1.03 bits per heavy atom. The first-order valence-electron chi connectivity index (χ1n) is 11.9. The molecule has 3 heterocycles. The number of aryl methyl sites for hydroxylation is 1. The summed E-state index contributed by atoms with van der Waals surface area (Å²) < 4.78 is 21.5. The second-order valence-electron chi connectivity index (χ2n) is 9.07. The minimum absolute atomic E-state index is 0.0555. The number of aliphatic hydroxyl groups excluding tert-OH is 1. The molecule has 1 aliphatic rings. The summed E-state index contributed by atoms with van der Waals surface area (Å²) in [6, 6.07) is 12.9. The van der Waals surface area contributed by atoms with Crippen LogP contribution >= 0.6 is 11.3 Å². The lowest BCUT2D eigenvalue weighted by Crippen LogP contribution is -2.48. The summed E-state index contributed by atoms with van der Waals surface area (Å²) in [4.78, 5) is 8.86. The highest BCUT2D eigenvalue weighted by atomic mass is 32.1. The molecule has 36 heavy (non-hydrogen) atoms. The number of benzene rings is 2. The molecule has 1 unspecified atom stereocenters. The molecule has 1 fully saturated rings. The fourth-order valence-corrected chi connectivity index (χ4v) is 5.33. The molecule has 1 aliphatic heterocycles. The smallest absolute Gasteiger partial charge is 0.203 e. The quantitative estimate of drug-likeness (QED) is 0.333. The van der Waals surface area contributed by atoms with Crippen LogP contribution in [0, 0.1) is 12.7 Å². The first-order chi connectivity index (χ1) is 17.4. The zero-order valence-corrected chi connectivity index (χ0v) is 20.8. The van der Waals surface area contributed by atoms with Crippen LogP contribution < -0.4 is 4.74 Å². The molecule has 4 aromatic rings. The Balaban J connectivity index is 1.10. The fraction of sp³-hybridized carbons (Fsp3) is 0.346. The molecule has 2 aromatic heterocycles. The van der Waals surface area contributed by atoms with Gasteiger partial charge in [0.25, 0.3) is 0 Å². The van der Waals surface area contributed by atoms with Gasteiger partial charge in [-0.25, -0.2) is 9.37 Å². The molecule has 190 valence electrons. The molecule has 0 aliphatic carbocycles. The number of halogens is 1. The third kappa shape index (κ3) is 5.46. The van der Waals surface area contributed by atoms with Crippen molar-refractivity contribution in [1.29, 1.82) is 0 Å². The van der Waals surface area contributed by atoms with Crippen molar-refractivity contribution in [3.8, 4) is 23.2 Å². The van der Waals surface area contributed by atoms with Gasteiger partial charge in [0.15, 0.2) is 5.88 Å². The van der Waals surface area contributed by atoms with E-state index in [1.54, 1.807) is 11.3 Å². The predicted octanol–water partition coefficient (Wildman–Crippen LogP) is 3.50. The number of aliphatic hydroxyl groups is 1. The molecule has 0 saturated carbocycles. The summed E-state index contributed by atoms with van der Waals surface area (Å²) in [5.41, 5.74) is 2.00. The number of aromatic hydroxyl groups is 2. The lowest BCUT2D eigenvalue weighted by Gasteiger charge is -2.35. The number of hydrogen-bond donors (Lipinski definition) is 3. The van der Waals surface area contributed by atoms with E-state index in [9.17, 15) is 19.7 Å². The average Bonchev–Trinajstić information content (AvgIpc) is 3.36. The van der Waals surface area contributed by atoms with Gasteiger partial charge in [-0.05, 0) is 43.3 Å². The molecule has 2 aromatic carbocycles. The van der Waals surface area contributed by atoms with Crippen molar-refractivity contribution < 1.29 is 24.4 Å². The molecule has 1 atom stereocenters. The molecule has 10 heteroatoms. The number of aromatic nitrogens is 2. The number of nitrogens with zero attached hydrogens (tertiary/aromatic N) is 4. The van der Waals surface area contributed by atoms with E-state index in [1.807, 2.05) is 25.1 Å². The first-order valence-corrected chi connectivity index (χ1v) is 12.7. The van der Waals surface area contributed by atoms with Gasteiger partial charge in [0.1, 0.15) is 24.3 Å². The molecule has 0 radical (unpaired) electrons. The van der Waals surface area contributed by atoms with Gasteiger partial charge in [0.2, 0.25) is 5.88 Å². The molecule has 0 amide bonds. The molecular weight excluding hydrogens is 483 g/mol. The average molecular weight is 513 g/mol. The summed E-state index contributed by atoms with van der Waals surface area (Å²) in [6.07, 6.45) is -0.616. The Morgan fingerprint density at radius 2 is 1.75 bits per heavy atom. The fourth-order valence-electron chi connectivity index (χ4n) is 4.52. The highest BCUT2D eigenvalue weighted by Gasteiger charge is 2.23. The molecule has 3 N–H and O–H groups in total. The molecule has 0 spiro atoms. The van der Waals surface area contributed by atoms with Crippen LogP contribution in [0.25, 0.3) is 15.9 Å². The first kappa shape index (κ1) is 24.5. The monoisotopic (exact) mass is 512 g/mol. The number of piperazine rings is 1. The molecule has 1 saturated heterocycles. The maximum Gasteiger partial charge on any atom is 0.203 e. The van der Waals surface area contributed by atoms with Gasteiger partial charge >= 0.3 is 0 Å². The van der Waals surface area contributed by atoms with Gasteiger partial charge in [0, 0.05) is 57.0 Å². The summed E-state index contributed by atoms with van der Waals surface area (Å²) in [5.74, 6) is 0.166. The highest BCUT2D eigenvalue weighted by Crippen LogP contribution is 2.32. The summed E-state index contributed by atoms with van der Waals surface area (Å²) in [5, 5.41) is 32.5. The van der Waals surface area contributed by atoms with Crippen molar-refractivity contribution in [2.24, 2.45) is 0 Å². The van der Waals surface area contributed by atoms with Crippen molar-refractivity contribution in [2.75, 3.05) is 39.3 Å². The molecule has 5 rings (SSSR count). The number of fused-ring (bicyclic) bond motifs is 1. The molecular formula is C26H29FN4O4S. The zero-order valence-electron chi connectivity index (χ0n) is 20.0. The minimum Gasteiger partial charge on any atom is -0.494 e. The number of thiazole rings is 1. The van der Waals surface area contributed by atoms with Gasteiger partial charge in [0.05, 0.1) is 20.9 Å². The van der Waals surface area contributed by atoms with E-state index in [0.717, 1.165) is 41.4 Å². The zero-order chi connectivity index (χ0) is 25.2. The van der Waals surface area contributed by atoms with Crippen LogP contribution in [-0.4, -0.2) is 80.1 Å². The van der Waals surface area contributed by atoms with Crippen molar-refractivity contribution in [1.82, 2.24) is 19.4 Å².